The minimum Gasteiger partial charge on any atom is -0.497 e. The number of benzene rings is 1. The van der Waals surface area contributed by atoms with Crippen LogP contribution in [0.4, 0.5) is 5.82 Å². The first-order valence-electron chi connectivity index (χ1n) is 10.2. The lowest BCUT2D eigenvalue weighted by Crippen LogP contribution is -2.34. The van der Waals surface area contributed by atoms with Crippen molar-refractivity contribution in [2.75, 3.05) is 38.2 Å². The van der Waals surface area contributed by atoms with Crippen molar-refractivity contribution >= 4 is 11.7 Å². The molecular weight excluding hydrogens is 352 g/mol. The third kappa shape index (κ3) is 3.43. The van der Waals surface area contributed by atoms with E-state index in [9.17, 15) is 4.79 Å². The van der Waals surface area contributed by atoms with Crippen LogP contribution in [-0.2, 0) is 11.2 Å². The lowest BCUT2D eigenvalue weighted by atomic mass is 10.0. The number of carbonyl (C=O) groups is 1. The summed E-state index contributed by atoms with van der Waals surface area (Å²) in [4.78, 5) is 17.1. The van der Waals surface area contributed by atoms with Gasteiger partial charge < -0.3 is 14.5 Å². The first-order valence-corrected chi connectivity index (χ1v) is 10.2. The molecule has 2 unspecified atom stereocenters. The number of carbonyl (C=O) groups excluding carboxylic acids is 1. The van der Waals surface area contributed by atoms with E-state index in [2.05, 4.69) is 27.2 Å². The average Bonchev–Trinajstić information content (AvgIpc) is 3.38. The van der Waals surface area contributed by atoms with Crippen molar-refractivity contribution in [1.82, 2.24) is 15.1 Å². The third-order valence-electron chi connectivity index (χ3n) is 6.34. The summed E-state index contributed by atoms with van der Waals surface area (Å²) < 4.78 is 5.18. The van der Waals surface area contributed by atoms with Crippen LogP contribution in [0, 0.1) is 11.8 Å². The number of anilines is 1. The number of aromatic nitrogens is 2. The number of fused-ring (bicyclic) bond motifs is 1. The highest BCUT2D eigenvalue weighted by molar-refractivity contribution is 5.79. The zero-order valence-electron chi connectivity index (χ0n) is 16.3. The molecule has 2 aromatic rings. The first kappa shape index (κ1) is 17.5. The predicted octanol–water partition coefficient (Wildman–Crippen LogP) is 2.50. The van der Waals surface area contributed by atoms with Gasteiger partial charge >= 0.3 is 0 Å². The summed E-state index contributed by atoms with van der Waals surface area (Å²) in [6.45, 7) is 3.64. The van der Waals surface area contributed by atoms with E-state index in [1.165, 1.54) is 12.8 Å². The maximum absolute atomic E-state index is 12.7. The minimum atomic E-state index is 0.222. The monoisotopic (exact) mass is 378 g/mol. The normalized spacial score (nSPS) is 23.8. The molecule has 146 valence electrons. The van der Waals surface area contributed by atoms with E-state index in [4.69, 9.17) is 4.74 Å². The molecule has 1 amide bonds. The Morgan fingerprint density at radius 1 is 1.00 bits per heavy atom. The number of ether oxygens (including phenoxy) is 1. The molecule has 1 aromatic heterocycles. The standard InChI is InChI=1S/C22H26N4O2/c1-28-19-6-2-15(3-7-19)10-22(27)26-13-17-11-25(12-18(17)14-26)21-9-8-20(23-24-21)16-4-5-16/h2-3,6-9,16-18H,4-5,10-14H2,1H3. The first-order chi connectivity index (χ1) is 13.7. The second kappa shape index (κ2) is 7.08. The number of hydrogen-bond donors (Lipinski definition) is 0. The molecule has 6 heteroatoms. The van der Waals surface area contributed by atoms with Gasteiger partial charge in [0.15, 0.2) is 5.82 Å². The molecule has 1 aliphatic carbocycles. The van der Waals surface area contributed by atoms with Crippen LogP contribution < -0.4 is 9.64 Å². The van der Waals surface area contributed by atoms with Crippen molar-refractivity contribution in [3.8, 4) is 5.75 Å². The number of amides is 1. The van der Waals surface area contributed by atoms with Crippen molar-refractivity contribution < 1.29 is 9.53 Å². The molecule has 3 aliphatic rings. The largest absolute Gasteiger partial charge is 0.497 e. The Hall–Kier alpha value is -2.63. The Morgan fingerprint density at radius 2 is 1.71 bits per heavy atom. The number of nitrogens with zero attached hydrogens (tertiary/aromatic N) is 4. The van der Waals surface area contributed by atoms with Crippen LogP contribution >= 0.6 is 0 Å². The van der Waals surface area contributed by atoms with Crippen LogP contribution in [0.5, 0.6) is 5.75 Å². The van der Waals surface area contributed by atoms with E-state index in [0.29, 0.717) is 24.2 Å². The number of hydrogen-bond acceptors (Lipinski definition) is 5. The van der Waals surface area contributed by atoms with Gasteiger partial charge in [0.25, 0.3) is 0 Å². The van der Waals surface area contributed by atoms with Gasteiger partial charge in [-0.3, -0.25) is 4.79 Å². The molecular formula is C22H26N4O2. The summed E-state index contributed by atoms with van der Waals surface area (Å²) in [6.07, 6.45) is 2.96. The highest BCUT2D eigenvalue weighted by Gasteiger charge is 2.42. The third-order valence-corrected chi connectivity index (χ3v) is 6.34. The van der Waals surface area contributed by atoms with Gasteiger partial charge in [0.2, 0.25) is 5.91 Å². The maximum Gasteiger partial charge on any atom is 0.227 e. The zero-order valence-corrected chi connectivity index (χ0v) is 16.3. The van der Waals surface area contributed by atoms with Crippen LogP contribution in [0.2, 0.25) is 0 Å². The summed E-state index contributed by atoms with van der Waals surface area (Å²) in [5, 5.41) is 8.87. The molecule has 3 heterocycles. The fourth-order valence-corrected chi connectivity index (χ4v) is 4.51. The lowest BCUT2D eigenvalue weighted by molar-refractivity contribution is -0.129. The minimum absolute atomic E-state index is 0.222. The molecule has 2 saturated heterocycles. The van der Waals surface area contributed by atoms with Gasteiger partial charge in [0, 0.05) is 43.9 Å². The fraction of sp³-hybridized carbons (Fsp3) is 0.500. The van der Waals surface area contributed by atoms with Crippen LogP contribution in [-0.4, -0.2) is 54.3 Å². The van der Waals surface area contributed by atoms with E-state index < -0.39 is 0 Å². The van der Waals surface area contributed by atoms with E-state index >= 15 is 0 Å². The molecule has 0 bridgehead atoms. The molecule has 3 fully saturated rings. The van der Waals surface area contributed by atoms with E-state index in [-0.39, 0.29) is 5.91 Å². The molecule has 1 aromatic carbocycles. The van der Waals surface area contributed by atoms with Crippen molar-refractivity contribution in [2.24, 2.45) is 11.8 Å². The summed E-state index contributed by atoms with van der Waals surface area (Å²) in [6, 6.07) is 12.0. The van der Waals surface area contributed by atoms with Crippen LogP contribution in [0.1, 0.15) is 30.0 Å². The number of rotatable bonds is 5. The average molecular weight is 378 g/mol. The Balaban J connectivity index is 1.16. The van der Waals surface area contributed by atoms with Gasteiger partial charge in [-0.25, -0.2) is 0 Å². The lowest BCUT2D eigenvalue weighted by Gasteiger charge is -2.22. The van der Waals surface area contributed by atoms with Gasteiger partial charge in [0.1, 0.15) is 5.75 Å². The van der Waals surface area contributed by atoms with Crippen LogP contribution in [0.25, 0.3) is 0 Å². The van der Waals surface area contributed by atoms with Gasteiger partial charge in [-0.15, -0.1) is 5.10 Å². The second-order valence-corrected chi connectivity index (χ2v) is 8.34. The zero-order chi connectivity index (χ0) is 19.1. The van der Waals surface area contributed by atoms with Crippen LogP contribution in [0.15, 0.2) is 36.4 Å². The highest BCUT2D eigenvalue weighted by atomic mass is 16.5. The summed E-state index contributed by atoms with van der Waals surface area (Å²) >= 11 is 0. The molecule has 0 N–H and O–H groups in total. The van der Waals surface area contributed by atoms with E-state index in [1.807, 2.05) is 29.2 Å². The van der Waals surface area contributed by atoms with Crippen molar-refractivity contribution in [2.45, 2.75) is 25.2 Å². The van der Waals surface area contributed by atoms with Gasteiger partial charge in [-0.1, -0.05) is 12.1 Å². The Labute approximate surface area is 165 Å². The molecule has 2 aliphatic heterocycles. The fourth-order valence-electron chi connectivity index (χ4n) is 4.51. The quantitative estimate of drug-likeness (QED) is 0.800. The van der Waals surface area contributed by atoms with Crippen molar-refractivity contribution in [3.05, 3.63) is 47.7 Å². The van der Waals surface area contributed by atoms with Crippen LogP contribution in [0.3, 0.4) is 0 Å². The smallest absolute Gasteiger partial charge is 0.227 e. The predicted molar refractivity (Wildman–Crippen MR) is 106 cm³/mol. The molecule has 2 atom stereocenters. The molecule has 1 saturated carbocycles. The van der Waals surface area contributed by atoms with Gasteiger partial charge in [-0.2, -0.15) is 5.10 Å². The molecule has 0 radical (unpaired) electrons. The van der Waals surface area contributed by atoms with Crippen molar-refractivity contribution in [3.63, 3.8) is 0 Å². The van der Waals surface area contributed by atoms with Gasteiger partial charge in [0.05, 0.1) is 19.2 Å². The number of likely N-dealkylation sites (tertiary alicyclic amines) is 1. The second-order valence-electron chi connectivity index (χ2n) is 8.34. The van der Waals surface area contributed by atoms with E-state index in [0.717, 1.165) is 49.0 Å². The number of methoxy groups -OCH3 is 1. The molecule has 5 rings (SSSR count). The Morgan fingerprint density at radius 3 is 2.29 bits per heavy atom. The SMILES string of the molecule is COc1ccc(CC(=O)N2CC3CN(c4ccc(C5CC5)nn4)CC3C2)cc1. The topological polar surface area (TPSA) is 58.6 Å². The highest BCUT2D eigenvalue weighted by Crippen LogP contribution is 2.39. The summed E-state index contributed by atoms with van der Waals surface area (Å²) in [7, 11) is 1.65. The molecule has 0 spiro atoms. The van der Waals surface area contributed by atoms with E-state index in [1.54, 1.807) is 7.11 Å². The molecule has 28 heavy (non-hydrogen) atoms. The van der Waals surface area contributed by atoms with Gasteiger partial charge in [-0.05, 0) is 42.7 Å². The summed E-state index contributed by atoms with van der Waals surface area (Å²) in [5.74, 6) is 3.73. The van der Waals surface area contributed by atoms with Crippen molar-refractivity contribution in [1.29, 1.82) is 0 Å². The summed E-state index contributed by atoms with van der Waals surface area (Å²) in [5.41, 5.74) is 2.17. The maximum atomic E-state index is 12.7. The Kier molecular flexibility index (Phi) is 4.41. The molecule has 6 nitrogen and oxygen atoms in total. The Bertz CT molecular complexity index is 834.